The number of anilines is 2. The van der Waals surface area contributed by atoms with Crippen LogP contribution >= 0.6 is 11.6 Å². The molecule has 2 saturated heterocycles. The minimum absolute atomic E-state index is 0.0688. The van der Waals surface area contributed by atoms with Crippen LogP contribution in [0.5, 0.6) is 11.5 Å². The summed E-state index contributed by atoms with van der Waals surface area (Å²) in [5, 5.41) is 16.8. The molecule has 16 heteroatoms. The number of allylic oxidation sites excluding steroid dienone is 1. The van der Waals surface area contributed by atoms with E-state index >= 15 is 0 Å². The van der Waals surface area contributed by atoms with Gasteiger partial charge in [0.25, 0.3) is 5.69 Å². The second-order valence-electron chi connectivity index (χ2n) is 18.5. The normalized spacial score (nSPS) is 20.8. The molecule has 3 aliphatic rings. The number of H-pyrrole nitrogens is 1. The molecule has 5 aromatic rings. The van der Waals surface area contributed by atoms with Crippen molar-refractivity contribution in [1.82, 2.24) is 14.9 Å². The van der Waals surface area contributed by atoms with E-state index in [4.69, 9.17) is 16.3 Å². The van der Waals surface area contributed by atoms with E-state index in [0.29, 0.717) is 17.9 Å². The number of ether oxygens (including phenoxy) is 1. The summed E-state index contributed by atoms with van der Waals surface area (Å²) in [5.41, 5.74) is 5.74. The van der Waals surface area contributed by atoms with Gasteiger partial charge in [-0.15, -0.1) is 0 Å². The van der Waals surface area contributed by atoms with Crippen LogP contribution in [-0.4, -0.2) is 92.1 Å². The van der Waals surface area contributed by atoms with Crippen molar-refractivity contribution in [2.45, 2.75) is 69.5 Å². The van der Waals surface area contributed by atoms with Crippen LogP contribution in [0.15, 0.2) is 95.7 Å². The van der Waals surface area contributed by atoms with Crippen molar-refractivity contribution in [1.29, 1.82) is 0 Å². The molecule has 4 heterocycles. The first-order valence-electron chi connectivity index (χ1n) is 21.7. The van der Waals surface area contributed by atoms with Crippen molar-refractivity contribution < 1.29 is 27.7 Å². The number of fused-ring (bicyclic) bond motifs is 1. The molecule has 0 amide bonds. The largest absolute Gasteiger partial charge is 0.455 e. The van der Waals surface area contributed by atoms with Gasteiger partial charge >= 0.3 is 0 Å². The zero-order valence-electron chi connectivity index (χ0n) is 36.0. The van der Waals surface area contributed by atoms with Crippen molar-refractivity contribution in [3.8, 4) is 11.5 Å². The lowest BCUT2D eigenvalue weighted by Crippen LogP contribution is -2.47. The lowest BCUT2D eigenvalue weighted by molar-refractivity contribution is -0.384. The monoisotopic (exact) mass is 910 g/mol. The van der Waals surface area contributed by atoms with Gasteiger partial charge in [-0.05, 0) is 122 Å². The molecule has 0 unspecified atom stereocenters. The second-order valence-corrected chi connectivity index (χ2v) is 24.9. The van der Waals surface area contributed by atoms with Gasteiger partial charge in [-0.2, -0.15) is 0 Å². The van der Waals surface area contributed by atoms with Gasteiger partial charge in [0.05, 0.1) is 21.6 Å². The Morgan fingerprint density at radius 1 is 1.05 bits per heavy atom. The highest BCUT2D eigenvalue weighted by Gasteiger charge is 2.33. The Morgan fingerprint density at radius 2 is 1.79 bits per heavy atom. The van der Waals surface area contributed by atoms with Crippen LogP contribution in [-0.2, 0) is 9.84 Å². The van der Waals surface area contributed by atoms with E-state index in [1.165, 1.54) is 28.8 Å². The first kappa shape index (κ1) is 44.5. The number of halogens is 1. The molecule has 63 heavy (non-hydrogen) atoms. The summed E-state index contributed by atoms with van der Waals surface area (Å²) in [7, 11) is -6.47. The van der Waals surface area contributed by atoms with Crippen molar-refractivity contribution >= 4 is 69.2 Å². The first-order valence-corrected chi connectivity index (χ1v) is 26.6. The van der Waals surface area contributed by atoms with Crippen LogP contribution in [0.1, 0.15) is 61.9 Å². The fourth-order valence-electron chi connectivity index (χ4n) is 9.12. The maximum atomic E-state index is 14.1. The predicted molar refractivity (Wildman–Crippen MR) is 251 cm³/mol. The molecule has 8 rings (SSSR count). The third kappa shape index (κ3) is 10.7. The van der Waals surface area contributed by atoms with E-state index in [9.17, 15) is 28.1 Å². The van der Waals surface area contributed by atoms with Gasteiger partial charge in [0.15, 0.2) is 23.9 Å². The Labute approximate surface area is 374 Å². The number of rotatable bonds is 14. The topological polar surface area (TPSA) is 171 Å². The van der Waals surface area contributed by atoms with Crippen LogP contribution in [0.2, 0.25) is 23.7 Å². The van der Waals surface area contributed by atoms with E-state index in [1.54, 1.807) is 30.6 Å². The van der Waals surface area contributed by atoms with Gasteiger partial charge < -0.3 is 24.7 Å². The number of aromatic nitrogens is 2. The highest BCUT2D eigenvalue weighted by atomic mass is 35.5. The molecule has 2 aromatic heterocycles. The molecular weight excluding hydrogens is 856 g/mol. The SMILES string of the molecule is CC1(C)CCC(CN2CCN(c3ccc(C(=O)CS(=O)(=O)c4ccc(NCC5CC[Si](C)(O)CC5)c([N+](=O)[O-])c4)c(Oc4cnc5[nH]ccc5c4)c3)CC2)=C(c2ccc(Cl)cc2)C1. The molecule has 0 bridgehead atoms. The van der Waals surface area contributed by atoms with E-state index in [0.717, 1.165) is 99.1 Å². The number of nitrogens with one attached hydrogen (secondary N) is 2. The van der Waals surface area contributed by atoms with Crippen LogP contribution in [0.4, 0.5) is 17.1 Å². The summed E-state index contributed by atoms with van der Waals surface area (Å²) in [4.78, 5) is 48.0. The Hall–Kier alpha value is -5.06. The number of sulfone groups is 1. The number of hydrogen-bond donors (Lipinski definition) is 3. The van der Waals surface area contributed by atoms with Gasteiger partial charge in [0.2, 0.25) is 0 Å². The number of nitrogens with zero attached hydrogens (tertiary/aromatic N) is 4. The maximum Gasteiger partial charge on any atom is 0.293 e. The fourth-order valence-corrected chi connectivity index (χ4v) is 12.8. The van der Waals surface area contributed by atoms with E-state index in [-0.39, 0.29) is 38.9 Å². The quantitative estimate of drug-likeness (QED) is 0.0419. The molecule has 3 N–H and O–H groups in total. The Bertz CT molecular complexity index is 2650. The van der Waals surface area contributed by atoms with Crippen molar-refractivity contribution in [3.63, 3.8) is 0 Å². The third-order valence-corrected chi connectivity index (χ3v) is 17.6. The molecular formula is C47H55ClN6O7SSi. The minimum Gasteiger partial charge on any atom is -0.455 e. The van der Waals surface area contributed by atoms with Crippen molar-refractivity contribution in [3.05, 3.63) is 117 Å². The fraction of sp³-hybridized carbons (Fsp3) is 0.404. The number of hydrogen-bond acceptors (Lipinski definition) is 11. The summed E-state index contributed by atoms with van der Waals surface area (Å²) in [6.45, 7) is 11.1. The molecule has 0 spiro atoms. The van der Waals surface area contributed by atoms with Crippen LogP contribution in [0.25, 0.3) is 16.6 Å². The van der Waals surface area contributed by atoms with E-state index in [2.05, 4.69) is 51.1 Å². The number of Topliss-reactive ketones (excluding diaryl/α,β-unsaturated/α-hetero) is 1. The average Bonchev–Trinajstić information content (AvgIpc) is 3.72. The lowest BCUT2D eigenvalue weighted by Gasteiger charge is -2.39. The number of piperazine rings is 1. The van der Waals surface area contributed by atoms with Gasteiger partial charge in [0, 0.05) is 73.7 Å². The van der Waals surface area contributed by atoms with Gasteiger partial charge in [-0.25, -0.2) is 13.4 Å². The zero-order valence-corrected chi connectivity index (χ0v) is 38.6. The standard InChI is InChI=1S/C47H55ClN6O7SSi/c1-47(2)16-12-35(41(27-47)33-4-6-36(48)7-5-33)30-52-18-20-53(21-19-52)37-8-10-40(45(25-37)61-38-24-34-13-17-49-46(34)51-29-38)44(55)31-62(58,59)39-9-11-42(43(26-39)54(56)57)50-28-32-14-22-63(3,60)23-15-32/h4-11,13,17,24-26,29,32,50,60H,12,14-16,18-23,27-28,30-31H2,1-3H3,(H,49,51). The Kier molecular flexibility index (Phi) is 12.9. The Balaban J connectivity index is 0.993. The number of carbonyl (C=O) groups is 1. The second kappa shape index (κ2) is 18.2. The van der Waals surface area contributed by atoms with E-state index in [1.807, 2.05) is 30.8 Å². The molecule has 0 saturated carbocycles. The summed E-state index contributed by atoms with van der Waals surface area (Å²) in [5.74, 6) is -0.817. The highest BCUT2D eigenvalue weighted by molar-refractivity contribution is 7.92. The number of nitro groups is 1. The van der Waals surface area contributed by atoms with Crippen molar-refractivity contribution in [2.24, 2.45) is 11.3 Å². The van der Waals surface area contributed by atoms with Gasteiger partial charge in [0.1, 0.15) is 28.6 Å². The lowest BCUT2D eigenvalue weighted by atomic mass is 9.72. The molecule has 3 aromatic carbocycles. The number of pyridine rings is 1. The third-order valence-electron chi connectivity index (χ3n) is 13.0. The van der Waals surface area contributed by atoms with Crippen molar-refractivity contribution in [2.75, 3.05) is 55.2 Å². The summed E-state index contributed by atoms with van der Waals surface area (Å²) >= 11 is 6.25. The highest BCUT2D eigenvalue weighted by Crippen LogP contribution is 2.44. The number of nitro benzene ring substituents is 1. The molecule has 13 nitrogen and oxygen atoms in total. The number of aromatic amines is 1. The summed E-state index contributed by atoms with van der Waals surface area (Å²) < 4.78 is 34.0. The van der Waals surface area contributed by atoms with Crippen LogP contribution in [0.3, 0.4) is 0 Å². The molecule has 332 valence electrons. The average molecular weight is 912 g/mol. The van der Waals surface area contributed by atoms with Crippen LogP contribution < -0.4 is 15.0 Å². The first-order chi connectivity index (χ1) is 30.0. The number of ketones is 1. The molecule has 1 aliphatic carbocycles. The number of carbonyl (C=O) groups excluding carboxylic acids is 1. The molecule has 2 aliphatic heterocycles. The van der Waals surface area contributed by atoms with Gasteiger partial charge in [-0.3, -0.25) is 19.8 Å². The number of benzene rings is 3. The minimum atomic E-state index is -4.32. The maximum absolute atomic E-state index is 14.1. The molecule has 2 fully saturated rings. The summed E-state index contributed by atoms with van der Waals surface area (Å²) in [6.07, 6.45) is 8.18. The zero-order chi connectivity index (χ0) is 44.5. The smallest absolute Gasteiger partial charge is 0.293 e. The summed E-state index contributed by atoms with van der Waals surface area (Å²) in [6, 6.07) is 22.3. The van der Waals surface area contributed by atoms with E-state index < -0.39 is 34.6 Å². The molecule has 0 radical (unpaired) electrons. The van der Waals surface area contributed by atoms with Gasteiger partial charge in [-0.1, -0.05) is 43.2 Å². The molecule has 0 atom stereocenters. The predicted octanol–water partition coefficient (Wildman–Crippen LogP) is 9.75. The van der Waals surface area contributed by atoms with Crippen LogP contribution in [0, 0.1) is 21.4 Å². The Morgan fingerprint density at radius 3 is 2.52 bits per heavy atom.